The zero-order chi connectivity index (χ0) is 10.4. The van der Waals surface area contributed by atoms with E-state index in [1.807, 2.05) is 11.8 Å². The highest BCUT2D eigenvalue weighted by molar-refractivity contribution is 7.98. The summed E-state index contributed by atoms with van der Waals surface area (Å²) in [6.07, 6.45) is 7.45. The molecule has 1 fully saturated rings. The lowest BCUT2D eigenvalue weighted by atomic mass is 10.0. The van der Waals surface area contributed by atoms with E-state index in [0.717, 1.165) is 12.5 Å². The van der Waals surface area contributed by atoms with Crippen molar-refractivity contribution in [3.63, 3.8) is 0 Å². The zero-order valence-electron chi connectivity index (χ0n) is 9.46. The number of thioether (sulfide) groups is 1. The van der Waals surface area contributed by atoms with Crippen LogP contribution in [0.5, 0.6) is 0 Å². The van der Waals surface area contributed by atoms with Gasteiger partial charge in [-0.1, -0.05) is 6.42 Å². The minimum Gasteiger partial charge on any atom is -0.330 e. The van der Waals surface area contributed by atoms with Crippen molar-refractivity contribution < 1.29 is 0 Å². The first kappa shape index (κ1) is 12.3. The quantitative estimate of drug-likeness (QED) is 0.711. The Morgan fingerprint density at radius 2 is 2.29 bits per heavy atom. The van der Waals surface area contributed by atoms with Crippen LogP contribution < -0.4 is 11.1 Å². The van der Waals surface area contributed by atoms with E-state index < -0.39 is 0 Å². The molecule has 3 unspecified atom stereocenters. The number of hydrogen-bond acceptors (Lipinski definition) is 3. The molecule has 0 aromatic heterocycles. The Hall–Kier alpha value is 0.270. The third kappa shape index (κ3) is 3.79. The summed E-state index contributed by atoms with van der Waals surface area (Å²) >= 11 is 1.93. The molecule has 1 rings (SSSR count). The fourth-order valence-corrected chi connectivity index (χ4v) is 2.87. The summed E-state index contributed by atoms with van der Waals surface area (Å²) < 4.78 is 0. The second kappa shape index (κ2) is 6.70. The van der Waals surface area contributed by atoms with Crippen molar-refractivity contribution in [3.8, 4) is 0 Å². The van der Waals surface area contributed by atoms with Gasteiger partial charge in [0.15, 0.2) is 0 Å². The van der Waals surface area contributed by atoms with Crippen molar-refractivity contribution in [3.05, 3.63) is 0 Å². The minimum atomic E-state index is 0.652. The molecular weight excluding hydrogens is 192 g/mol. The molecule has 3 heteroatoms. The number of nitrogens with one attached hydrogen (secondary N) is 1. The van der Waals surface area contributed by atoms with Crippen LogP contribution in [0.25, 0.3) is 0 Å². The highest BCUT2D eigenvalue weighted by Crippen LogP contribution is 2.25. The van der Waals surface area contributed by atoms with Crippen LogP contribution in [0.3, 0.4) is 0 Å². The maximum atomic E-state index is 5.76. The van der Waals surface area contributed by atoms with Crippen molar-refractivity contribution in [2.75, 3.05) is 18.6 Å². The summed E-state index contributed by atoms with van der Waals surface area (Å²) in [6.45, 7) is 3.15. The molecule has 3 N–H and O–H groups in total. The average Bonchev–Trinajstić information content (AvgIpc) is 2.62. The zero-order valence-corrected chi connectivity index (χ0v) is 10.3. The molecule has 84 valence electrons. The molecule has 0 saturated heterocycles. The van der Waals surface area contributed by atoms with E-state index in [9.17, 15) is 0 Å². The molecule has 1 aliphatic carbocycles. The van der Waals surface area contributed by atoms with E-state index >= 15 is 0 Å². The van der Waals surface area contributed by atoms with Crippen molar-refractivity contribution >= 4 is 11.8 Å². The van der Waals surface area contributed by atoms with Gasteiger partial charge in [-0.15, -0.1) is 0 Å². The highest BCUT2D eigenvalue weighted by Gasteiger charge is 2.26. The summed E-state index contributed by atoms with van der Waals surface area (Å²) in [7, 11) is 0. The van der Waals surface area contributed by atoms with Gasteiger partial charge in [0, 0.05) is 12.1 Å². The van der Waals surface area contributed by atoms with Gasteiger partial charge < -0.3 is 11.1 Å². The van der Waals surface area contributed by atoms with Crippen LogP contribution in [0.2, 0.25) is 0 Å². The first-order valence-corrected chi connectivity index (χ1v) is 7.12. The molecule has 0 heterocycles. The molecule has 0 aromatic rings. The van der Waals surface area contributed by atoms with Gasteiger partial charge >= 0.3 is 0 Å². The number of nitrogens with two attached hydrogens (primary N) is 1. The highest BCUT2D eigenvalue weighted by atomic mass is 32.2. The Kier molecular flexibility index (Phi) is 5.90. The molecule has 3 atom stereocenters. The van der Waals surface area contributed by atoms with Gasteiger partial charge in [0.25, 0.3) is 0 Å². The van der Waals surface area contributed by atoms with E-state index in [0.29, 0.717) is 12.1 Å². The molecule has 0 radical (unpaired) electrons. The standard InChI is InChI=1S/C11H24N2S/c1-9(6-7-14-2)13-11-5-3-4-10(11)8-12/h9-11,13H,3-8,12H2,1-2H3. The molecule has 1 saturated carbocycles. The SMILES string of the molecule is CSCCC(C)NC1CCCC1CN. The van der Waals surface area contributed by atoms with Gasteiger partial charge in [0.2, 0.25) is 0 Å². The Bertz CT molecular complexity index is 152. The van der Waals surface area contributed by atoms with E-state index in [1.165, 1.54) is 31.4 Å². The van der Waals surface area contributed by atoms with Gasteiger partial charge in [-0.2, -0.15) is 11.8 Å². The van der Waals surface area contributed by atoms with Gasteiger partial charge in [0.05, 0.1) is 0 Å². The smallest absolute Gasteiger partial charge is 0.0110 e. The summed E-state index contributed by atoms with van der Waals surface area (Å²) in [5.41, 5.74) is 5.76. The Balaban J connectivity index is 2.21. The van der Waals surface area contributed by atoms with Crippen molar-refractivity contribution in [1.82, 2.24) is 5.32 Å². The van der Waals surface area contributed by atoms with Gasteiger partial charge in [-0.3, -0.25) is 0 Å². The van der Waals surface area contributed by atoms with E-state index in [1.54, 1.807) is 0 Å². The van der Waals surface area contributed by atoms with E-state index in [2.05, 4.69) is 18.5 Å². The minimum absolute atomic E-state index is 0.652. The van der Waals surface area contributed by atoms with Crippen molar-refractivity contribution in [2.45, 2.75) is 44.7 Å². The summed E-state index contributed by atoms with van der Waals surface area (Å²) in [5.74, 6) is 1.99. The van der Waals surface area contributed by atoms with Crippen LogP contribution in [-0.4, -0.2) is 30.6 Å². The van der Waals surface area contributed by atoms with Crippen LogP contribution in [0.15, 0.2) is 0 Å². The Morgan fingerprint density at radius 3 is 2.93 bits per heavy atom. The molecule has 14 heavy (non-hydrogen) atoms. The second-order valence-corrected chi connectivity index (χ2v) is 5.37. The Labute approximate surface area is 92.4 Å². The van der Waals surface area contributed by atoms with Crippen LogP contribution in [0.4, 0.5) is 0 Å². The normalized spacial score (nSPS) is 29.4. The largest absolute Gasteiger partial charge is 0.330 e. The van der Waals surface area contributed by atoms with E-state index in [-0.39, 0.29) is 0 Å². The van der Waals surface area contributed by atoms with Crippen LogP contribution in [0.1, 0.15) is 32.6 Å². The van der Waals surface area contributed by atoms with E-state index in [4.69, 9.17) is 5.73 Å². The first-order chi connectivity index (χ1) is 6.77. The summed E-state index contributed by atoms with van der Waals surface area (Å²) in [5, 5.41) is 3.72. The predicted octanol–water partition coefficient (Wildman–Crippen LogP) is 1.84. The van der Waals surface area contributed by atoms with Crippen LogP contribution in [0, 0.1) is 5.92 Å². The molecular formula is C11H24N2S. The lowest BCUT2D eigenvalue weighted by molar-refractivity contribution is 0.366. The fourth-order valence-electron chi connectivity index (χ4n) is 2.28. The van der Waals surface area contributed by atoms with Gasteiger partial charge in [0.1, 0.15) is 0 Å². The molecule has 0 bridgehead atoms. The topological polar surface area (TPSA) is 38.0 Å². The predicted molar refractivity (Wildman–Crippen MR) is 65.8 cm³/mol. The van der Waals surface area contributed by atoms with Crippen molar-refractivity contribution in [2.24, 2.45) is 11.7 Å². The number of rotatable bonds is 6. The fraction of sp³-hybridized carbons (Fsp3) is 1.00. The maximum absolute atomic E-state index is 5.76. The third-order valence-electron chi connectivity index (χ3n) is 3.22. The third-order valence-corrected chi connectivity index (χ3v) is 3.86. The van der Waals surface area contributed by atoms with Gasteiger partial charge in [-0.05, 0) is 50.7 Å². The van der Waals surface area contributed by atoms with Crippen LogP contribution in [-0.2, 0) is 0 Å². The lowest BCUT2D eigenvalue weighted by Crippen LogP contribution is -2.41. The second-order valence-electron chi connectivity index (χ2n) is 4.38. The number of hydrogen-bond donors (Lipinski definition) is 2. The first-order valence-electron chi connectivity index (χ1n) is 5.73. The monoisotopic (exact) mass is 216 g/mol. The molecule has 0 amide bonds. The molecule has 0 spiro atoms. The average molecular weight is 216 g/mol. The molecule has 2 nitrogen and oxygen atoms in total. The Morgan fingerprint density at radius 1 is 1.50 bits per heavy atom. The molecule has 0 aliphatic heterocycles. The van der Waals surface area contributed by atoms with Crippen LogP contribution >= 0.6 is 11.8 Å². The van der Waals surface area contributed by atoms with Gasteiger partial charge in [-0.25, -0.2) is 0 Å². The summed E-state index contributed by atoms with van der Waals surface area (Å²) in [6, 6.07) is 1.34. The van der Waals surface area contributed by atoms with Crippen molar-refractivity contribution in [1.29, 1.82) is 0 Å². The lowest BCUT2D eigenvalue weighted by Gasteiger charge is -2.24. The molecule has 0 aromatic carbocycles. The molecule has 1 aliphatic rings. The maximum Gasteiger partial charge on any atom is 0.0110 e. The summed E-state index contributed by atoms with van der Waals surface area (Å²) in [4.78, 5) is 0.